The lowest BCUT2D eigenvalue weighted by molar-refractivity contribution is 0.159. The summed E-state index contributed by atoms with van der Waals surface area (Å²) in [6, 6.07) is 0. The zero-order chi connectivity index (χ0) is 7.56. The Morgan fingerprint density at radius 1 is 1.60 bits per heavy atom. The molecule has 0 radical (unpaired) electrons. The molecule has 0 aromatic rings. The maximum Gasteiger partial charge on any atom is 0.103 e. The molecule has 0 spiro atoms. The second-order valence-corrected chi connectivity index (χ2v) is 2.46. The van der Waals surface area contributed by atoms with Gasteiger partial charge in [0.2, 0.25) is 0 Å². The highest BCUT2D eigenvalue weighted by molar-refractivity contribution is 5.34. The second-order valence-electron chi connectivity index (χ2n) is 2.46. The Kier molecular flexibility index (Phi) is 2.07. The number of hydrogen-bond acceptors (Lipinski definition) is 1. The molecule has 54 valence electrons. The minimum atomic E-state index is 0.0463. The lowest BCUT2D eigenvalue weighted by atomic mass is 9.96. The van der Waals surface area contributed by atoms with Crippen LogP contribution in [0.4, 0.5) is 0 Å². The van der Waals surface area contributed by atoms with Crippen LogP contribution in [0.25, 0.3) is 0 Å². The van der Waals surface area contributed by atoms with Crippen molar-refractivity contribution in [3.8, 4) is 0 Å². The van der Waals surface area contributed by atoms with Crippen molar-refractivity contribution >= 4 is 0 Å². The smallest absolute Gasteiger partial charge is 0.103 e. The number of rotatable bonds is 1. The fourth-order valence-electron chi connectivity index (χ4n) is 1.14. The molecule has 0 aromatic carbocycles. The Labute approximate surface area is 61.7 Å². The van der Waals surface area contributed by atoms with Gasteiger partial charge in [0.1, 0.15) is 6.10 Å². The molecule has 0 aromatic heterocycles. The Balaban J connectivity index is 2.77. The standard InChI is InChI=1S/C9H12O/c1-7-5-4-6-8(2)9(7)10-3/h4-5,9H,1-2,6H2,3H3. The first-order valence-electron chi connectivity index (χ1n) is 3.31. The fourth-order valence-corrected chi connectivity index (χ4v) is 1.14. The molecule has 1 nitrogen and oxygen atoms in total. The minimum Gasteiger partial charge on any atom is -0.372 e. The first kappa shape index (κ1) is 7.29. The van der Waals surface area contributed by atoms with E-state index in [2.05, 4.69) is 19.2 Å². The van der Waals surface area contributed by atoms with Gasteiger partial charge < -0.3 is 4.74 Å². The Morgan fingerprint density at radius 2 is 2.30 bits per heavy atom. The molecular formula is C9H12O. The first-order valence-corrected chi connectivity index (χ1v) is 3.31. The Morgan fingerprint density at radius 3 is 2.70 bits per heavy atom. The Bertz CT molecular complexity index is 189. The van der Waals surface area contributed by atoms with Crippen molar-refractivity contribution in [3.63, 3.8) is 0 Å². The van der Waals surface area contributed by atoms with Crippen molar-refractivity contribution in [1.29, 1.82) is 0 Å². The summed E-state index contributed by atoms with van der Waals surface area (Å²) < 4.78 is 5.17. The van der Waals surface area contributed by atoms with Gasteiger partial charge in [-0.25, -0.2) is 0 Å². The van der Waals surface area contributed by atoms with Gasteiger partial charge >= 0.3 is 0 Å². The number of methoxy groups -OCH3 is 1. The molecule has 0 amide bonds. The van der Waals surface area contributed by atoms with E-state index < -0.39 is 0 Å². The van der Waals surface area contributed by atoms with E-state index >= 15 is 0 Å². The summed E-state index contributed by atoms with van der Waals surface area (Å²) in [5.74, 6) is 0. The minimum absolute atomic E-state index is 0.0463. The molecule has 0 N–H and O–H groups in total. The van der Waals surface area contributed by atoms with Crippen molar-refractivity contribution in [2.75, 3.05) is 7.11 Å². The van der Waals surface area contributed by atoms with Crippen LogP contribution in [0.5, 0.6) is 0 Å². The van der Waals surface area contributed by atoms with Gasteiger partial charge in [0.05, 0.1) is 0 Å². The van der Waals surface area contributed by atoms with Crippen LogP contribution in [0.3, 0.4) is 0 Å². The monoisotopic (exact) mass is 136 g/mol. The second kappa shape index (κ2) is 2.84. The molecule has 1 rings (SSSR count). The number of hydrogen-bond donors (Lipinski definition) is 0. The number of allylic oxidation sites excluding steroid dienone is 1. The van der Waals surface area contributed by atoms with Crippen molar-refractivity contribution in [2.24, 2.45) is 0 Å². The van der Waals surface area contributed by atoms with E-state index in [1.807, 2.05) is 6.08 Å². The van der Waals surface area contributed by atoms with Crippen LogP contribution in [0.2, 0.25) is 0 Å². The highest BCUT2D eigenvalue weighted by Gasteiger charge is 2.15. The van der Waals surface area contributed by atoms with E-state index in [1.165, 1.54) is 0 Å². The van der Waals surface area contributed by atoms with E-state index in [4.69, 9.17) is 4.74 Å². The van der Waals surface area contributed by atoms with Gasteiger partial charge in [0.25, 0.3) is 0 Å². The summed E-state index contributed by atoms with van der Waals surface area (Å²) in [5, 5.41) is 0. The molecule has 1 aliphatic carbocycles. The Hall–Kier alpha value is -0.820. The maximum atomic E-state index is 5.17. The quantitative estimate of drug-likeness (QED) is 0.501. The molecular weight excluding hydrogens is 124 g/mol. The van der Waals surface area contributed by atoms with E-state index in [0.29, 0.717) is 0 Å². The summed E-state index contributed by atoms with van der Waals surface area (Å²) in [6.45, 7) is 7.72. The highest BCUT2D eigenvalue weighted by Crippen LogP contribution is 2.21. The van der Waals surface area contributed by atoms with E-state index in [0.717, 1.165) is 17.6 Å². The van der Waals surface area contributed by atoms with Crippen LogP contribution in [0, 0.1) is 0 Å². The van der Waals surface area contributed by atoms with E-state index in [1.54, 1.807) is 7.11 Å². The summed E-state index contributed by atoms with van der Waals surface area (Å²) >= 11 is 0. The van der Waals surface area contributed by atoms with Crippen molar-refractivity contribution in [1.82, 2.24) is 0 Å². The average Bonchev–Trinajstić information content (AvgIpc) is 1.88. The molecule has 0 saturated heterocycles. The molecule has 1 unspecified atom stereocenters. The molecule has 10 heavy (non-hydrogen) atoms. The summed E-state index contributed by atoms with van der Waals surface area (Å²) in [6.07, 6.45) is 5.01. The summed E-state index contributed by atoms with van der Waals surface area (Å²) in [7, 11) is 1.68. The zero-order valence-electron chi connectivity index (χ0n) is 6.26. The molecule has 0 aliphatic heterocycles. The third kappa shape index (κ3) is 1.19. The molecule has 1 aliphatic rings. The lowest BCUT2D eigenvalue weighted by Gasteiger charge is -2.20. The van der Waals surface area contributed by atoms with E-state index in [-0.39, 0.29) is 6.10 Å². The van der Waals surface area contributed by atoms with Crippen LogP contribution in [0.1, 0.15) is 6.42 Å². The average molecular weight is 136 g/mol. The topological polar surface area (TPSA) is 9.23 Å². The summed E-state index contributed by atoms with van der Waals surface area (Å²) in [4.78, 5) is 0. The van der Waals surface area contributed by atoms with Crippen LogP contribution in [-0.2, 0) is 4.74 Å². The predicted molar refractivity (Wildman–Crippen MR) is 42.8 cm³/mol. The third-order valence-corrected chi connectivity index (χ3v) is 1.66. The highest BCUT2D eigenvalue weighted by atomic mass is 16.5. The van der Waals surface area contributed by atoms with Gasteiger partial charge in [-0.2, -0.15) is 0 Å². The van der Waals surface area contributed by atoms with Gasteiger partial charge in [-0.15, -0.1) is 0 Å². The van der Waals surface area contributed by atoms with Gasteiger partial charge in [-0.3, -0.25) is 0 Å². The largest absolute Gasteiger partial charge is 0.372 e. The van der Waals surface area contributed by atoms with E-state index in [9.17, 15) is 0 Å². The van der Waals surface area contributed by atoms with Crippen LogP contribution in [-0.4, -0.2) is 13.2 Å². The van der Waals surface area contributed by atoms with Gasteiger partial charge in [-0.1, -0.05) is 25.3 Å². The molecule has 0 heterocycles. The van der Waals surface area contributed by atoms with Crippen LogP contribution in [0.15, 0.2) is 36.5 Å². The third-order valence-electron chi connectivity index (χ3n) is 1.66. The molecule has 0 fully saturated rings. The van der Waals surface area contributed by atoms with Gasteiger partial charge in [0.15, 0.2) is 0 Å². The predicted octanol–water partition coefficient (Wildman–Crippen LogP) is 2.07. The zero-order valence-corrected chi connectivity index (χ0v) is 6.26. The molecule has 0 bridgehead atoms. The van der Waals surface area contributed by atoms with Crippen molar-refractivity contribution < 1.29 is 4.74 Å². The van der Waals surface area contributed by atoms with Crippen LogP contribution < -0.4 is 0 Å². The van der Waals surface area contributed by atoms with Crippen molar-refractivity contribution in [3.05, 3.63) is 36.5 Å². The summed E-state index contributed by atoms with van der Waals surface area (Å²) in [5.41, 5.74) is 2.09. The normalized spacial score (nSPS) is 25.5. The van der Waals surface area contributed by atoms with Gasteiger partial charge in [0, 0.05) is 7.11 Å². The van der Waals surface area contributed by atoms with Gasteiger partial charge in [-0.05, 0) is 17.6 Å². The fraction of sp³-hybridized carbons (Fsp3) is 0.333. The SMILES string of the molecule is C=C1C=CCC(=C)C1OC. The molecule has 1 atom stereocenters. The van der Waals surface area contributed by atoms with Crippen molar-refractivity contribution in [2.45, 2.75) is 12.5 Å². The maximum absolute atomic E-state index is 5.17. The number of ether oxygens (including phenoxy) is 1. The molecule has 1 heteroatoms. The lowest BCUT2D eigenvalue weighted by Crippen LogP contribution is -2.16. The first-order chi connectivity index (χ1) is 4.75. The molecule has 0 saturated carbocycles. The van der Waals surface area contributed by atoms with Crippen LogP contribution >= 0.6 is 0 Å².